The zero-order valence-corrected chi connectivity index (χ0v) is 13.0. The topological polar surface area (TPSA) is 73.0 Å². The molecule has 2 N–H and O–H groups in total. The summed E-state index contributed by atoms with van der Waals surface area (Å²) in [6.07, 6.45) is 3.17. The van der Waals surface area contributed by atoms with Gasteiger partial charge in [0.2, 0.25) is 0 Å². The molecule has 1 atom stereocenters. The first-order valence-corrected chi connectivity index (χ1v) is 8.45. The molecule has 112 valence electrons. The van der Waals surface area contributed by atoms with Crippen LogP contribution in [0.4, 0.5) is 0 Å². The standard InChI is InChI=1S/C16H20N2O2S/c1-12(2)13-5-7-15(8-6-13)21(19,20)16(10-17)14-4-3-9-18-11-14/h3-9,11-12,16H,10,17H2,1-2H3/t16-/m1/s1. The molecular formula is C16H20N2O2S. The summed E-state index contributed by atoms with van der Waals surface area (Å²) in [6, 6.07) is 10.5. The van der Waals surface area contributed by atoms with Crippen molar-refractivity contribution in [3.05, 3.63) is 59.9 Å². The Bertz CT molecular complexity index is 680. The van der Waals surface area contributed by atoms with Gasteiger partial charge in [0.1, 0.15) is 5.25 Å². The van der Waals surface area contributed by atoms with Gasteiger partial charge >= 0.3 is 0 Å². The van der Waals surface area contributed by atoms with E-state index in [9.17, 15) is 8.42 Å². The lowest BCUT2D eigenvalue weighted by molar-refractivity contribution is 0.582. The summed E-state index contributed by atoms with van der Waals surface area (Å²) in [6.45, 7) is 4.17. The number of benzene rings is 1. The number of nitrogens with zero attached hydrogens (tertiary/aromatic N) is 1. The molecule has 2 rings (SSSR count). The number of sulfone groups is 1. The summed E-state index contributed by atoms with van der Waals surface area (Å²) in [4.78, 5) is 4.28. The highest BCUT2D eigenvalue weighted by Crippen LogP contribution is 2.28. The normalized spacial score (nSPS) is 13.3. The Hall–Kier alpha value is -1.72. The first kappa shape index (κ1) is 15.7. The first-order valence-electron chi connectivity index (χ1n) is 6.90. The summed E-state index contributed by atoms with van der Waals surface area (Å²) in [5.41, 5.74) is 7.43. The van der Waals surface area contributed by atoms with Crippen LogP contribution < -0.4 is 5.73 Å². The van der Waals surface area contributed by atoms with E-state index in [0.717, 1.165) is 5.56 Å². The maximum Gasteiger partial charge on any atom is 0.186 e. The van der Waals surface area contributed by atoms with E-state index in [1.165, 1.54) is 0 Å². The molecule has 0 fully saturated rings. The minimum absolute atomic E-state index is 0.0277. The summed E-state index contributed by atoms with van der Waals surface area (Å²) >= 11 is 0. The van der Waals surface area contributed by atoms with E-state index in [0.29, 0.717) is 16.4 Å². The monoisotopic (exact) mass is 304 g/mol. The first-order chi connectivity index (χ1) is 9.96. The Morgan fingerprint density at radius 3 is 2.24 bits per heavy atom. The van der Waals surface area contributed by atoms with Gasteiger partial charge in [0.05, 0.1) is 4.90 Å². The molecule has 1 heterocycles. The Balaban J connectivity index is 2.40. The highest BCUT2D eigenvalue weighted by Gasteiger charge is 2.28. The van der Waals surface area contributed by atoms with Gasteiger partial charge in [-0.3, -0.25) is 4.98 Å². The predicted molar refractivity (Wildman–Crippen MR) is 83.7 cm³/mol. The minimum atomic E-state index is -3.51. The van der Waals surface area contributed by atoms with Crippen molar-refractivity contribution in [3.8, 4) is 0 Å². The summed E-state index contributed by atoms with van der Waals surface area (Å²) in [5, 5.41) is -0.768. The smallest absolute Gasteiger partial charge is 0.186 e. The van der Waals surface area contributed by atoms with Crippen LogP contribution >= 0.6 is 0 Å². The van der Waals surface area contributed by atoms with Crippen molar-refractivity contribution in [2.75, 3.05) is 6.54 Å². The predicted octanol–water partition coefficient (Wildman–Crippen LogP) is 2.68. The average Bonchev–Trinajstić information content (AvgIpc) is 2.49. The van der Waals surface area contributed by atoms with Crippen LogP contribution in [0.5, 0.6) is 0 Å². The fourth-order valence-corrected chi connectivity index (χ4v) is 3.81. The molecule has 0 aliphatic carbocycles. The summed E-state index contributed by atoms with van der Waals surface area (Å²) < 4.78 is 25.5. The van der Waals surface area contributed by atoms with Crippen molar-refractivity contribution in [1.82, 2.24) is 4.98 Å². The maximum absolute atomic E-state index is 12.7. The van der Waals surface area contributed by atoms with Gasteiger partial charge in [0, 0.05) is 18.9 Å². The van der Waals surface area contributed by atoms with Crippen molar-refractivity contribution in [3.63, 3.8) is 0 Å². The van der Waals surface area contributed by atoms with E-state index in [2.05, 4.69) is 18.8 Å². The Labute approximate surface area is 125 Å². The van der Waals surface area contributed by atoms with Gasteiger partial charge in [-0.1, -0.05) is 32.0 Å². The number of pyridine rings is 1. The molecule has 0 spiro atoms. The molecule has 0 unspecified atom stereocenters. The molecule has 0 saturated heterocycles. The van der Waals surface area contributed by atoms with Gasteiger partial charge in [-0.05, 0) is 35.2 Å². The lowest BCUT2D eigenvalue weighted by atomic mass is 10.0. The van der Waals surface area contributed by atoms with Gasteiger partial charge in [-0.2, -0.15) is 0 Å². The molecule has 0 bridgehead atoms. The van der Waals surface area contributed by atoms with Crippen LogP contribution in [0, 0.1) is 0 Å². The average molecular weight is 304 g/mol. The molecule has 0 amide bonds. The number of hydrogen-bond donors (Lipinski definition) is 1. The quantitative estimate of drug-likeness (QED) is 0.921. The van der Waals surface area contributed by atoms with E-state index in [4.69, 9.17) is 5.73 Å². The summed E-state index contributed by atoms with van der Waals surface area (Å²) in [7, 11) is -3.51. The van der Waals surface area contributed by atoms with Crippen LogP contribution in [0.2, 0.25) is 0 Å². The molecular weight excluding hydrogens is 284 g/mol. The third-order valence-electron chi connectivity index (χ3n) is 3.52. The highest BCUT2D eigenvalue weighted by atomic mass is 32.2. The molecule has 5 heteroatoms. The van der Waals surface area contributed by atoms with Crippen molar-refractivity contribution in [2.24, 2.45) is 5.73 Å². The maximum atomic E-state index is 12.7. The number of rotatable bonds is 5. The zero-order valence-electron chi connectivity index (χ0n) is 12.2. The van der Waals surface area contributed by atoms with Crippen LogP contribution in [-0.4, -0.2) is 19.9 Å². The number of aromatic nitrogens is 1. The van der Waals surface area contributed by atoms with Gasteiger partial charge < -0.3 is 5.73 Å². The molecule has 21 heavy (non-hydrogen) atoms. The Kier molecular flexibility index (Phi) is 4.75. The SMILES string of the molecule is CC(C)c1ccc(S(=O)(=O)[C@H](CN)c2cccnc2)cc1. The molecule has 1 aromatic heterocycles. The molecule has 4 nitrogen and oxygen atoms in total. The third kappa shape index (κ3) is 3.31. The molecule has 0 aliphatic rings. The lowest BCUT2D eigenvalue weighted by Gasteiger charge is -2.16. The lowest BCUT2D eigenvalue weighted by Crippen LogP contribution is -2.22. The second-order valence-electron chi connectivity index (χ2n) is 5.28. The van der Waals surface area contributed by atoms with E-state index in [1.807, 2.05) is 12.1 Å². The van der Waals surface area contributed by atoms with Crippen LogP contribution in [0.1, 0.15) is 36.1 Å². The van der Waals surface area contributed by atoms with Gasteiger partial charge in [0.25, 0.3) is 0 Å². The zero-order chi connectivity index (χ0) is 15.5. The second kappa shape index (κ2) is 6.37. The van der Waals surface area contributed by atoms with E-state index in [-0.39, 0.29) is 6.54 Å². The van der Waals surface area contributed by atoms with Crippen LogP contribution in [0.15, 0.2) is 53.7 Å². The molecule has 0 saturated carbocycles. The van der Waals surface area contributed by atoms with Crippen molar-refractivity contribution < 1.29 is 8.42 Å². The third-order valence-corrected chi connectivity index (χ3v) is 5.66. The molecule has 2 aromatic rings. The van der Waals surface area contributed by atoms with Crippen molar-refractivity contribution in [2.45, 2.75) is 29.9 Å². The van der Waals surface area contributed by atoms with Crippen LogP contribution in [0.3, 0.4) is 0 Å². The molecule has 0 aliphatic heterocycles. The van der Waals surface area contributed by atoms with Gasteiger partial charge in [0.15, 0.2) is 9.84 Å². The Morgan fingerprint density at radius 1 is 1.10 bits per heavy atom. The van der Waals surface area contributed by atoms with Crippen LogP contribution in [0.25, 0.3) is 0 Å². The fraction of sp³-hybridized carbons (Fsp3) is 0.312. The minimum Gasteiger partial charge on any atom is -0.329 e. The number of nitrogens with two attached hydrogens (primary N) is 1. The van der Waals surface area contributed by atoms with E-state index < -0.39 is 15.1 Å². The fourth-order valence-electron chi connectivity index (χ4n) is 2.22. The van der Waals surface area contributed by atoms with E-state index in [1.54, 1.807) is 36.7 Å². The largest absolute Gasteiger partial charge is 0.329 e. The van der Waals surface area contributed by atoms with E-state index >= 15 is 0 Å². The van der Waals surface area contributed by atoms with Crippen molar-refractivity contribution in [1.29, 1.82) is 0 Å². The molecule has 0 radical (unpaired) electrons. The number of hydrogen-bond acceptors (Lipinski definition) is 4. The Morgan fingerprint density at radius 2 is 1.76 bits per heavy atom. The van der Waals surface area contributed by atoms with Crippen molar-refractivity contribution >= 4 is 9.84 Å². The van der Waals surface area contributed by atoms with Gasteiger partial charge in [-0.25, -0.2) is 8.42 Å². The van der Waals surface area contributed by atoms with Gasteiger partial charge in [-0.15, -0.1) is 0 Å². The highest BCUT2D eigenvalue weighted by molar-refractivity contribution is 7.91. The molecule has 1 aromatic carbocycles. The van der Waals surface area contributed by atoms with Crippen LogP contribution in [-0.2, 0) is 9.84 Å². The summed E-state index contributed by atoms with van der Waals surface area (Å²) in [5.74, 6) is 0.366. The second-order valence-corrected chi connectivity index (χ2v) is 7.41.